The number of benzene rings is 1. The number of carbonyl (C=O) groups is 2. The van der Waals surface area contributed by atoms with Gasteiger partial charge in [-0.1, -0.05) is 12.1 Å². The molecule has 7 nitrogen and oxygen atoms in total. The highest BCUT2D eigenvalue weighted by Gasteiger charge is 2.41. The molecule has 1 N–H and O–H groups in total. The Hall–Kier alpha value is -2.03. The van der Waals surface area contributed by atoms with Crippen LogP contribution in [-0.4, -0.2) is 83.9 Å². The number of likely N-dealkylation sites (tertiary alicyclic amines) is 1. The first-order valence-corrected chi connectivity index (χ1v) is 11.3. The van der Waals surface area contributed by atoms with Gasteiger partial charge in [-0.05, 0) is 44.2 Å². The largest absolute Gasteiger partial charge is 0.389 e. The van der Waals surface area contributed by atoms with Crippen molar-refractivity contribution in [2.45, 2.75) is 62.9 Å². The summed E-state index contributed by atoms with van der Waals surface area (Å²) in [6, 6.07) is 5.53. The van der Waals surface area contributed by atoms with Crippen molar-refractivity contribution in [3.05, 3.63) is 35.6 Å². The number of fused-ring (bicyclic) bond motifs is 1. The molecule has 0 saturated carbocycles. The van der Waals surface area contributed by atoms with Crippen LogP contribution in [0.25, 0.3) is 0 Å². The van der Waals surface area contributed by atoms with Gasteiger partial charge in [-0.15, -0.1) is 0 Å². The fourth-order valence-corrected chi connectivity index (χ4v) is 4.83. The van der Waals surface area contributed by atoms with Crippen LogP contribution in [0.5, 0.6) is 0 Å². The predicted molar refractivity (Wildman–Crippen MR) is 111 cm³/mol. The first kappa shape index (κ1) is 22.2. The van der Waals surface area contributed by atoms with Crippen LogP contribution in [0, 0.1) is 5.82 Å². The summed E-state index contributed by atoms with van der Waals surface area (Å²) in [6.45, 7) is 1.96. The third kappa shape index (κ3) is 5.25. The van der Waals surface area contributed by atoms with E-state index in [9.17, 15) is 19.1 Å². The van der Waals surface area contributed by atoms with Gasteiger partial charge in [0, 0.05) is 19.6 Å². The van der Waals surface area contributed by atoms with E-state index in [1.165, 1.54) is 23.5 Å². The molecular formula is C23H31FN2O5. The highest BCUT2D eigenvalue weighted by atomic mass is 19.1. The normalized spacial score (nSPS) is 29.6. The third-order valence-corrected chi connectivity index (χ3v) is 6.46. The van der Waals surface area contributed by atoms with Gasteiger partial charge < -0.3 is 24.4 Å². The van der Waals surface area contributed by atoms with Crippen LogP contribution in [-0.2, 0) is 14.3 Å². The van der Waals surface area contributed by atoms with Gasteiger partial charge in [-0.2, -0.15) is 0 Å². The molecule has 170 valence electrons. The van der Waals surface area contributed by atoms with Gasteiger partial charge >= 0.3 is 0 Å². The fraction of sp³-hybridized carbons (Fsp3) is 0.652. The van der Waals surface area contributed by atoms with Gasteiger partial charge in [0.05, 0.1) is 43.4 Å². The molecule has 4 rings (SSSR count). The van der Waals surface area contributed by atoms with E-state index in [0.717, 1.165) is 25.9 Å². The Balaban J connectivity index is 1.46. The second-order valence-corrected chi connectivity index (χ2v) is 8.72. The van der Waals surface area contributed by atoms with Gasteiger partial charge in [0.15, 0.2) is 0 Å². The van der Waals surface area contributed by atoms with E-state index in [-0.39, 0.29) is 43.4 Å². The molecule has 4 atom stereocenters. The minimum Gasteiger partial charge on any atom is -0.389 e. The Morgan fingerprint density at radius 1 is 1.10 bits per heavy atom. The maximum Gasteiger partial charge on any atom is 0.257 e. The lowest BCUT2D eigenvalue weighted by Crippen LogP contribution is -2.57. The second kappa shape index (κ2) is 10.1. The van der Waals surface area contributed by atoms with E-state index in [0.29, 0.717) is 19.3 Å². The second-order valence-electron chi connectivity index (χ2n) is 8.72. The predicted octanol–water partition coefficient (Wildman–Crippen LogP) is 1.98. The molecule has 3 aliphatic heterocycles. The van der Waals surface area contributed by atoms with Crippen LogP contribution < -0.4 is 0 Å². The number of β-amino-alcohol motifs (C(OH)–C–C–N with tert-alkyl or cyclic N) is 1. The number of carbonyl (C=O) groups excluding carboxylic acids is 2. The molecule has 2 amide bonds. The minimum atomic E-state index is -0.852. The molecule has 1 aromatic rings. The summed E-state index contributed by atoms with van der Waals surface area (Å²) in [5.41, 5.74) is -0.0164. The Labute approximate surface area is 182 Å². The maximum absolute atomic E-state index is 14.3. The number of halogens is 1. The van der Waals surface area contributed by atoms with Crippen molar-refractivity contribution in [1.82, 2.24) is 9.80 Å². The molecular weight excluding hydrogens is 403 g/mol. The smallest absolute Gasteiger partial charge is 0.257 e. The minimum absolute atomic E-state index is 0.0164. The van der Waals surface area contributed by atoms with Crippen molar-refractivity contribution in [3.8, 4) is 0 Å². The van der Waals surface area contributed by atoms with E-state index < -0.39 is 23.9 Å². The average molecular weight is 435 g/mol. The summed E-state index contributed by atoms with van der Waals surface area (Å²) in [4.78, 5) is 29.3. The van der Waals surface area contributed by atoms with E-state index >= 15 is 0 Å². The molecule has 0 unspecified atom stereocenters. The molecule has 8 heteroatoms. The number of nitrogens with zero attached hydrogens (tertiary/aromatic N) is 2. The van der Waals surface area contributed by atoms with Crippen LogP contribution >= 0.6 is 0 Å². The molecule has 3 fully saturated rings. The Bertz CT molecular complexity index is 785. The zero-order valence-corrected chi connectivity index (χ0v) is 17.7. The first-order valence-electron chi connectivity index (χ1n) is 11.3. The number of hydrogen-bond donors (Lipinski definition) is 1. The van der Waals surface area contributed by atoms with E-state index in [1.807, 2.05) is 4.90 Å². The van der Waals surface area contributed by atoms with Crippen molar-refractivity contribution >= 4 is 11.8 Å². The van der Waals surface area contributed by atoms with Crippen LogP contribution in [0.4, 0.5) is 4.39 Å². The number of rotatable bonds is 3. The highest BCUT2D eigenvalue weighted by Crippen LogP contribution is 2.29. The lowest BCUT2D eigenvalue weighted by atomic mass is 9.93. The molecule has 3 saturated heterocycles. The van der Waals surface area contributed by atoms with Crippen LogP contribution in [0.1, 0.15) is 48.9 Å². The quantitative estimate of drug-likeness (QED) is 0.787. The summed E-state index contributed by atoms with van der Waals surface area (Å²) in [6.07, 6.45) is 3.32. The summed E-state index contributed by atoms with van der Waals surface area (Å²) in [5.74, 6) is -0.927. The summed E-state index contributed by atoms with van der Waals surface area (Å²) in [7, 11) is 0. The number of aliphatic hydroxyl groups is 1. The zero-order chi connectivity index (χ0) is 21.8. The highest BCUT2D eigenvalue weighted by molar-refractivity contribution is 5.94. The van der Waals surface area contributed by atoms with Crippen molar-refractivity contribution in [1.29, 1.82) is 0 Å². The summed E-state index contributed by atoms with van der Waals surface area (Å²) in [5, 5.41) is 10.3. The van der Waals surface area contributed by atoms with Crippen molar-refractivity contribution in [2.24, 2.45) is 0 Å². The maximum atomic E-state index is 14.3. The van der Waals surface area contributed by atoms with Gasteiger partial charge in [0.1, 0.15) is 11.9 Å². The van der Waals surface area contributed by atoms with Crippen LogP contribution in [0.2, 0.25) is 0 Å². The SMILES string of the molecule is O=C(C[C@@H]1CC[C@@H]2[C@H](COC[C@@H](O)CN2C(=O)c2ccccc2F)O1)N1CCCCC1. The van der Waals surface area contributed by atoms with Crippen molar-refractivity contribution < 1.29 is 28.6 Å². The lowest BCUT2D eigenvalue weighted by Gasteiger charge is -2.44. The van der Waals surface area contributed by atoms with E-state index in [4.69, 9.17) is 9.47 Å². The van der Waals surface area contributed by atoms with E-state index in [1.54, 1.807) is 12.1 Å². The fourth-order valence-electron chi connectivity index (χ4n) is 4.83. The summed E-state index contributed by atoms with van der Waals surface area (Å²) >= 11 is 0. The lowest BCUT2D eigenvalue weighted by molar-refractivity contribution is -0.155. The van der Waals surface area contributed by atoms with Gasteiger partial charge in [-0.3, -0.25) is 9.59 Å². The summed E-state index contributed by atoms with van der Waals surface area (Å²) < 4.78 is 26.1. The molecule has 0 radical (unpaired) electrons. The molecule has 0 aromatic heterocycles. The Morgan fingerprint density at radius 2 is 1.87 bits per heavy atom. The first-order chi connectivity index (χ1) is 15.0. The number of ether oxygens (including phenoxy) is 2. The van der Waals surface area contributed by atoms with Gasteiger partial charge in [0.25, 0.3) is 5.91 Å². The van der Waals surface area contributed by atoms with Crippen LogP contribution in [0.15, 0.2) is 24.3 Å². The number of hydrogen-bond acceptors (Lipinski definition) is 5. The molecule has 1 aromatic carbocycles. The monoisotopic (exact) mass is 434 g/mol. The Morgan fingerprint density at radius 3 is 2.65 bits per heavy atom. The van der Waals surface area contributed by atoms with Crippen molar-refractivity contribution in [2.75, 3.05) is 32.8 Å². The van der Waals surface area contributed by atoms with Gasteiger partial charge in [0.2, 0.25) is 5.91 Å². The molecule has 0 bridgehead atoms. The third-order valence-electron chi connectivity index (χ3n) is 6.46. The van der Waals surface area contributed by atoms with E-state index in [2.05, 4.69) is 0 Å². The van der Waals surface area contributed by atoms with Crippen LogP contribution in [0.3, 0.4) is 0 Å². The molecule has 0 spiro atoms. The molecule has 3 heterocycles. The molecule has 0 aliphatic carbocycles. The standard InChI is InChI=1S/C23H31FN2O5/c24-19-7-3-2-6-18(19)23(29)26-13-16(27)14-30-15-21-20(26)9-8-17(31-21)12-22(28)25-10-4-1-5-11-25/h2-3,6-7,16-17,20-21,27H,1,4-5,8-15H2/t16-,17-,20+,21-/m0/s1. The van der Waals surface area contributed by atoms with Crippen molar-refractivity contribution in [3.63, 3.8) is 0 Å². The number of aliphatic hydroxyl groups excluding tert-OH is 1. The van der Waals surface area contributed by atoms with Gasteiger partial charge in [-0.25, -0.2) is 4.39 Å². The Kier molecular flexibility index (Phi) is 7.20. The topological polar surface area (TPSA) is 79.3 Å². The molecule has 3 aliphatic rings. The average Bonchev–Trinajstić information content (AvgIpc) is 2.77. The molecule has 31 heavy (non-hydrogen) atoms. The zero-order valence-electron chi connectivity index (χ0n) is 17.7. The number of piperidine rings is 1. The number of amides is 2.